The summed E-state index contributed by atoms with van der Waals surface area (Å²) in [5.41, 5.74) is 0.195. The Morgan fingerprint density at radius 3 is 2.77 bits per heavy atom. The van der Waals surface area contributed by atoms with E-state index in [0.717, 1.165) is 0 Å². The molecule has 138 valence electrons. The van der Waals surface area contributed by atoms with Crippen LogP contribution in [0.2, 0.25) is 0 Å². The second kappa shape index (κ2) is 6.27. The average molecular weight is 358 g/mol. The Kier molecular flexibility index (Phi) is 4.38. The maximum atomic E-state index is 12.5. The van der Waals surface area contributed by atoms with Crippen LogP contribution in [-0.4, -0.2) is 35.5 Å². The maximum Gasteiger partial charge on any atom is 0.334 e. The highest BCUT2D eigenvalue weighted by molar-refractivity contribution is 6.00. The van der Waals surface area contributed by atoms with Gasteiger partial charge in [-0.2, -0.15) is 0 Å². The molecule has 6 nitrogen and oxygen atoms in total. The summed E-state index contributed by atoms with van der Waals surface area (Å²) in [5, 5.41) is 0. The molecule has 0 amide bonds. The van der Waals surface area contributed by atoms with Gasteiger partial charge < -0.3 is 14.2 Å². The minimum Gasteiger partial charge on any atom is -0.479 e. The molecular weight excluding hydrogens is 336 g/mol. The first-order valence-corrected chi connectivity index (χ1v) is 8.54. The van der Waals surface area contributed by atoms with Gasteiger partial charge in [-0.1, -0.05) is 12.7 Å². The van der Waals surface area contributed by atoms with Crippen LogP contribution in [0.4, 0.5) is 0 Å². The van der Waals surface area contributed by atoms with Crippen molar-refractivity contribution in [3.05, 3.63) is 47.3 Å². The van der Waals surface area contributed by atoms with Gasteiger partial charge in [0.25, 0.3) is 0 Å². The van der Waals surface area contributed by atoms with Crippen LogP contribution in [0.3, 0.4) is 0 Å². The van der Waals surface area contributed by atoms with E-state index in [1.54, 1.807) is 39.8 Å². The van der Waals surface area contributed by atoms with Gasteiger partial charge in [0.05, 0.1) is 5.92 Å². The Morgan fingerprint density at radius 2 is 2.12 bits per heavy atom. The summed E-state index contributed by atoms with van der Waals surface area (Å²) >= 11 is 0. The minimum atomic E-state index is -1.17. The molecule has 6 heteroatoms. The van der Waals surface area contributed by atoms with Gasteiger partial charge in [0.1, 0.15) is 18.0 Å². The van der Waals surface area contributed by atoms with Crippen LogP contribution in [0.25, 0.3) is 0 Å². The van der Waals surface area contributed by atoms with Crippen molar-refractivity contribution in [1.82, 2.24) is 0 Å². The largest absolute Gasteiger partial charge is 0.479 e. The number of carbonyl (C=O) groups excluding carboxylic acids is 3. The molecule has 0 aliphatic carbocycles. The van der Waals surface area contributed by atoms with E-state index in [1.165, 1.54) is 6.08 Å². The molecule has 0 radical (unpaired) electrons. The first-order valence-electron chi connectivity index (χ1n) is 8.54. The van der Waals surface area contributed by atoms with Crippen molar-refractivity contribution in [2.45, 2.75) is 51.9 Å². The van der Waals surface area contributed by atoms with Crippen LogP contribution in [0.1, 0.15) is 34.1 Å². The molecule has 0 aromatic heterocycles. The summed E-state index contributed by atoms with van der Waals surface area (Å²) in [6.45, 7) is 10.6. The number of hydrogen-bond acceptors (Lipinski definition) is 6. The van der Waals surface area contributed by atoms with Crippen LogP contribution in [0.15, 0.2) is 47.3 Å². The van der Waals surface area contributed by atoms with Crippen molar-refractivity contribution in [1.29, 1.82) is 0 Å². The quantitative estimate of drug-likeness (QED) is 0.558. The van der Waals surface area contributed by atoms with Gasteiger partial charge in [-0.15, -0.1) is 0 Å². The van der Waals surface area contributed by atoms with Gasteiger partial charge in [-0.25, -0.2) is 9.59 Å². The summed E-state index contributed by atoms with van der Waals surface area (Å²) in [7, 11) is 0. The van der Waals surface area contributed by atoms with Crippen molar-refractivity contribution in [2.24, 2.45) is 5.92 Å². The van der Waals surface area contributed by atoms with E-state index in [9.17, 15) is 14.4 Å². The SMILES string of the molecule is C=C1C(=O)O[C@@H]2C=C(C)C3=CC(=O)[C@](C)(C[C@H](OC(=O)C(C)=CC)[C@@H]12)O3. The van der Waals surface area contributed by atoms with Gasteiger partial charge in [0.2, 0.25) is 5.78 Å². The number of ether oxygens (including phenoxy) is 3. The predicted molar refractivity (Wildman–Crippen MR) is 92.8 cm³/mol. The predicted octanol–water partition coefficient (Wildman–Crippen LogP) is 2.55. The van der Waals surface area contributed by atoms with Crippen molar-refractivity contribution in [2.75, 3.05) is 0 Å². The molecule has 3 aliphatic heterocycles. The van der Waals surface area contributed by atoms with Gasteiger partial charge in [0.15, 0.2) is 5.60 Å². The number of rotatable bonds is 2. The van der Waals surface area contributed by atoms with Crippen LogP contribution < -0.4 is 0 Å². The molecule has 0 aromatic carbocycles. The topological polar surface area (TPSA) is 78.9 Å². The van der Waals surface area contributed by atoms with Crippen LogP contribution in [0, 0.1) is 5.92 Å². The van der Waals surface area contributed by atoms with E-state index in [-0.39, 0.29) is 17.8 Å². The van der Waals surface area contributed by atoms with Gasteiger partial charge in [-0.3, -0.25) is 4.79 Å². The summed E-state index contributed by atoms with van der Waals surface area (Å²) < 4.78 is 17.0. The highest BCUT2D eigenvalue weighted by atomic mass is 16.6. The zero-order valence-corrected chi connectivity index (χ0v) is 15.3. The molecule has 26 heavy (non-hydrogen) atoms. The van der Waals surface area contributed by atoms with Crippen molar-refractivity contribution in [3.63, 3.8) is 0 Å². The molecule has 2 bridgehead atoms. The number of esters is 2. The lowest BCUT2D eigenvalue weighted by molar-refractivity contribution is -0.153. The molecule has 0 unspecified atom stereocenters. The molecule has 3 rings (SSSR count). The molecule has 4 atom stereocenters. The van der Waals surface area contributed by atoms with Crippen molar-refractivity contribution >= 4 is 17.7 Å². The summed E-state index contributed by atoms with van der Waals surface area (Å²) in [6, 6.07) is 0. The van der Waals surface area contributed by atoms with E-state index in [1.807, 2.05) is 0 Å². The highest BCUT2D eigenvalue weighted by Crippen LogP contribution is 2.42. The fourth-order valence-corrected chi connectivity index (χ4v) is 3.41. The second-order valence-electron chi connectivity index (χ2n) is 7.10. The Balaban J connectivity index is 2.05. The Morgan fingerprint density at radius 1 is 1.42 bits per heavy atom. The second-order valence-corrected chi connectivity index (χ2v) is 7.10. The van der Waals surface area contributed by atoms with E-state index >= 15 is 0 Å². The minimum absolute atomic E-state index is 0.104. The third kappa shape index (κ3) is 2.89. The highest BCUT2D eigenvalue weighted by Gasteiger charge is 2.51. The van der Waals surface area contributed by atoms with Crippen LogP contribution in [0.5, 0.6) is 0 Å². The van der Waals surface area contributed by atoms with E-state index in [2.05, 4.69) is 6.58 Å². The first kappa shape index (κ1) is 18.2. The number of carbonyl (C=O) groups is 3. The molecule has 0 aromatic rings. The third-order valence-corrected chi connectivity index (χ3v) is 5.19. The zero-order valence-electron chi connectivity index (χ0n) is 15.3. The lowest BCUT2D eigenvalue weighted by Crippen LogP contribution is -2.42. The molecule has 0 spiro atoms. The average Bonchev–Trinajstić information content (AvgIpc) is 3.03. The fourth-order valence-electron chi connectivity index (χ4n) is 3.41. The molecule has 1 fully saturated rings. The Bertz CT molecular complexity index is 799. The normalized spacial score (nSPS) is 33.9. The number of ketones is 1. The number of allylic oxidation sites excluding steroid dienone is 2. The smallest absolute Gasteiger partial charge is 0.334 e. The lowest BCUT2D eigenvalue weighted by Gasteiger charge is -2.31. The monoisotopic (exact) mass is 358 g/mol. The van der Waals surface area contributed by atoms with E-state index in [0.29, 0.717) is 16.9 Å². The lowest BCUT2D eigenvalue weighted by atomic mass is 9.82. The molecule has 0 N–H and O–H groups in total. The van der Waals surface area contributed by atoms with Gasteiger partial charge in [0, 0.05) is 23.6 Å². The van der Waals surface area contributed by atoms with Crippen LogP contribution in [-0.2, 0) is 28.6 Å². The standard InChI is InChI=1S/C20H22O6/c1-6-10(2)18(22)25-15-9-20(5)16(21)8-13(26-20)11(3)7-14-17(15)12(4)19(23)24-14/h6-8,14-15,17H,4,9H2,1-3,5H3/t14-,15+,17+,20+/m1/s1. The maximum absolute atomic E-state index is 12.5. The van der Waals surface area contributed by atoms with E-state index < -0.39 is 35.7 Å². The molecular formula is C20H22O6. The van der Waals surface area contributed by atoms with E-state index in [4.69, 9.17) is 14.2 Å². The molecule has 0 saturated carbocycles. The number of fused-ring (bicyclic) bond motifs is 3. The van der Waals surface area contributed by atoms with Crippen molar-refractivity contribution in [3.8, 4) is 0 Å². The van der Waals surface area contributed by atoms with Crippen molar-refractivity contribution < 1.29 is 28.6 Å². The number of hydrogen-bond donors (Lipinski definition) is 0. The zero-order chi connectivity index (χ0) is 19.2. The first-order chi connectivity index (χ1) is 12.2. The molecule has 3 aliphatic rings. The summed E-state index contributed by atoms with van der Waals surface area (Å²) in [4.78, 5) is 36.9. The summed E-state index contributed by atoms with van der Waals surface area (Å²) in [6.07, 6.45) is 3.50. The molecule has 1 saturated heterocycles. The Hall–Kier alpha value is -2.63. The Labute approximate surface area is 152 Å². The molecule has 3 heterocycles. The fraction of sp³-hybridized carbons (Fsp3) is 0.450. The third-order valence-electron chi connectivity index (χ3n) is 5.19. The van der Waals surface area contributed by atoms with Gasteiger partial charge in [-0.05, 0) is 39.3 Å². The van der Waals surface area contributed by atoms with Crippen LogP contribution >= 0.6 is 0 Å². The van der Waals surface area contributed by atoms with Gasteiger partial charge >= 0.3 is 11.9 Å². The summed E-state index contributed by atoms with van der Waals surface area (Å²) in [5.74, 6) is -1.35.